The van der Waals surface area contributed by atoms with Crippen molar-refractivity contribution in [2.75, 3.05) is 7.05 Å². The largest absolute Gasteiger partial charge is 0.488 e. The number of aliphatic imine (C=N–C) groups is 1. The van der Waals surface area contributed by atoms with E-state index in [0.29, 0.717) is 43.9 Å². The molecule has 1 aliphatic carbocycles. The summed E-state index contributed by atoms with van der Waals surface area (Å²) in [6, 6.07) is 7.63. The molecule has 0 saturated heterocycles. The van der Waals surface area contributed by atoms with Crippen LogP contribution >= 0.6 is 11.3 Å². The highest BCUT2D eigenvalue weighted by atomic mass is 32.1. The van der Waals surface area contributed by atoms with Crippen molar-refractivity contribution in [1.29, 1.82) is 5.26 Å². The number of allylic oxidation sites excluding steroid dienone is 1. The summed E-state index contributed by atoms with van der Waals surface area (Å²) < 4.78 is 6.00. The summed E-state index contributed by atoms with van der Waals surface area (Å²) in [5.74, 6) is 0.627. The molecule has 1 aliphatic rings. The van der Waals surface area contributed by atoms with E-state index in [0.717, 1.165) is 23.3 Å². The Bertz CT molecular complexity index is 1320. The van der Waals surface area contributed by atoms with Crippen LogP contribution in [0.4, 0.5) is 0 Å². The Labute approximate surface area is 182 Å². The molecule has 0 spiro atoms. The molecule has 0 unspecified atom stereocenters. The third-order valence-electron chi connectivity index (χ3n) is 5.18. The van der Waals surface area contributed by atoms with Crippen LogP contribution in [0.5, 0.6) is 5.75 Å². The van der Waals surface area contributed by atoms with Gasteiger partial charge in [0.15, 0.2) is 5.75 Å². The van der Waals surface area contributed by atoms with E-state index in [1.165, 1.54) is 17.5 Å². The molecule has 9 heteroatoms. The lowest BCUT2D eigenvalue weighted by molar-refractivity contribution is 0.302. The number of ether oxygens (including phenoxy) is 1. The topological polar surface area (TPSA) is 143 Å². The van der Waals surface area contributed by atoms with E-state index in [4.69, 9.17) is 16.2 Å². The summed E-state index contributed by atoms with van der Waals surface area (Å²) >= 11 is 1.46. The van der Waals surface area contributed by atoms with E-state index in [1.807, 2.05) is 13.0 Å². The van der Waals surface area contributed by atoms with Gasteiger partial charge in [0, 0.05) is 35.6 Å². The lowest BCUT2D eigenvalue weighted by Crippen LogP contribution is -2.14. The molecule has 0 aliphatic heterocycles. The molecule has 2 heterocycles. The predicted molar refractivity (Wildman–Crippen MR) is 122 cm³/mol. The van der Waals surface area contributed by atoms with Crippen molar-refractivity contribution < 1.29 is 4.74 Å². The molecule has 5 N–H and O–H groups in total. The quantitative estimate of drug-likeness (QED) is 0.509. The van der Waals surface area contributed by atoms with Gasteiger partial charge in [0.05, 0.1) is 27.8 Å². The zero-order valence-corrected chi connectivity index (χ0v) is 18.0. The number of aromatic amines is 1. The third-order valence-corrected chi connectivity index (χ3v) is 6.28. The second-order valence-electron chi connectivity index (χ2n) is 7.24. The number of hydrogen-bond acceptors (Lipinski definition) is 8. The van der Waals surface area contributed by atoms with Crippen molar-refractivity contribution >= 4 is 33.4 Å². The van der Waals surface area contributed by atoms with Gasteiger partial charge in [0.25, 0.3) is 5.56 Å². The molecule has 0 radical (unpaired) electrons. The smallest absolute Gasteiger partial charge is 0.272 e. The fraction of sp³-hybridized carbons (Fsp3) is 0.273. The van der Waals surface area contributed by atoms with E-state index in [9.17, 15) is 10.1 Å². The van der Waals surface area contributed by atoms with Crippen LogP contribution in [0.3, 0.4) is 0 Å². The number of H-pyrrole nitrogens is 1. The Morgan fingerprint density at radius 2 is 2.23 bits per heavy atom. The van der Waals surface area contributed by atoms with Crippen molar-refractivity contribution in [3.63, 3.8) is 0 Å². The maximum Gasteiger partial charge on any atom is 0.272 e. The number of nitriles is 1. The first kappa shape index (κ1) is 20.8. The summed E-state index contributed by atoms with van der Waals surface area (Å²) in [4.78, 5) is 18.3. The van der Waals surface area contributed by atoms with Crippen LogP contribution in [0.1, 0.15) is 39.4 Å². The fourth-order valence-electron chi connectivity index (χ4n) is 3.49. The van der Waals surface area contributed by atoms with Crippen LogP contribution in [0.25, 0.3) is 16.3 Å². The number of nitrogens with one attached hydrogen (secondary N) is 1. The highest BCUT2D eigenvalue weighted by molar-refractivity contribution is 7.15. The summed E-state index contributed by atoms with van der Waals surface area (Å²) in [5.41, 5.74) is 14.6. The van der Waals surface area contributed by atoms with Gasteiger partial charge >= 0.3 is 0 Å². The number of nitrogens with zero attached hydrogens (tertiary/aromatic N) is 3. The maximum absolute atomic E-state index is 12.2. The van der Waals surface area contributed by atoms with Gasteiger partial charge in [-0.25, -0.2) is 5.10 Å². The molecule has 1 saturated carbocycles. The van der Waals surface area contributed by atoms with Gasteiger partial charge in [0.1, 0.15) is 11.6 Å². The van der Waals surface area contributed by atoms with E-state index in [2.05, 4.69) is 21.3 Å². The highest BCUT2D eigenvalue weighted by Crippen LogP contribution is 2.40. The Kier molecular flexibility index (Phi) is 5.59. The number of fused-ring (bicyclic) bond motifs is 1. The summed E-state index contributed by atoms with van der Waals surface area (Å²) in [6.45, 7) is 2.12. The molecule has 1 fully saturated rings. The lowest BCUT2D eigenvalue weighted by atomic mass is 9.96. The molecule has 1 aromatic carbocycles. The first-order chi connectivity index (χ1) is 15.0. The monoisotopic (exact) mass is 434 g/mol. The summed E-state index contributed by atoms with van der Waals surface area (Å²) in [7, 11) is 1.66. The molecular weight excluding hydrogens is 412 g/mol. The molecular formula is C22H22N6O2S. The molecule has 31 heavy (non-hydrogen) atoms. The first-order valence-electron chi connectivity index (χ1n) is 9.83. The average molecular weight is 435 g/mol. The minimum absolute atomic E-state index is 0.178. The number of rotatable bonds is 6. The van der Waals surface area contributed by atoms with E-state index < -0.39 is 0 Å². The highest BCUT2D eigenvalue weighted by Gasteiger charge is 2.29. The van der Waals surface area contributed by atoms with Gasteiger partial charge in [-0.2, -0.15) is 10.4 Å². The molecule has 0 amide bonds. The van der Waals surface area contributed by atoms with Gasteiger partial charge in [-0.1, -0.05) is 6.07 Å². The minimum atomic E-state index is -0.288. The Balaban J connectivity index is 1.84. The van der Waals surface area contributed by atoms with Gasteiger partial charge in [-0.3, -0.25) is 9.79 Å². The molecule has 8 nitrogen and oxygen atoms in total. The van der Waals surface area contributed by atoms with Crippen LogP contribution in [-0.4, -0.2) is 29.1 Å². The Morgan fingerprint density at radius 3 is 2.84 bits per heavy atom. The van der Waals surface area contributed by atoms with Crippen LogP contribution in [-0.2, 0) is 6.54 Å². The Hall–Kier alpha value is -3.48. The number of aryl methyl sites for hydroxylation is 1. The molecule has 0 atom stereocenters. The number of benzene rings is 1. The van der Waals surface area contributed by atoms with Gasteiger partial charge in [-0.05, 0) is 37.5 Å². The van der Waals surface area contributed by atoms with E-state index in [-0.39, 0.29) is 18.2 Å². The maximum atomic E-state index is 12.2. The van der Waals surface area contributed by atoms with Gasteiger partial charge in [0.2, 0.25) is 0 Å². The van der Waals surface area contributed by atoms with E-state index >= 15 is 0 Å². The molecule has 0 bridgehead atoms. The van der Waals surface area contributed by atoms with Crippen LogP contribution < -0.4 is 21.8 Å². The lowest BCUT2D eigenvalue weighted by Gasteiger charge is -2.12. The predicted octanol–water partition coefficient (Wildman–Crippen LogP) is 2.58. The minimum Gasteiger partial charge on any atom is -0.488 e. The second-order valence-corrected chi connectivity index (χ2v) is 8.46. The standard InChI is InChI=1S/C22H22N6O2S/c1-11-20(30-13-4-5-13)17(9-24)21(31-11)19(26-2)16(8-23)12-3-6-14-15(7-12)18(10-25)27-28-22(14)29/h3,6-8,13H,4-5,10,23,25H2,1-2H3,(H,28,29)/b16-8-,26-19?. The molecule has 4 rings (SSSR count). The fourth-order valence-corrected chi connectivity index (χ4v) is 4.58. The number of aromatic nitrogens is 2. The number of nitrogens with two attached hydrogens (primary N) is 2. The Morgan fingerprint density at radius 1 is 1.45 bits per heavy atom. The van der Waals surface area contributed by atoms with Crippen molar-refractivity contribution in [1.82, 2.24) is 10.2 Å². The molecule has 2 aromatic heterocycles. The average Bonchev–Trinajstić information content (AvgIpc) is 3.55. The summed E-state index contributed by atoms with van der Waals surface area (Å²) in [6.07, 6.45) is 3.65. The first-order valence-corrected chi connectivity index (χ1v) is 10.6. The van der Waals surface area contributed by atoms with Crippen molar-refractivity contribution in [2.45, 2.75) is 32.4 Å². The summed E-state index contributed by atoms with van der Waals surface area (Å²) in [5, 5.41) is 17.5. The molecule has 158 valence electrons. The SMILES string of the molecule is CN=C(/C(=C\N)c1ccc2c(=O)[nH]nc(CN)c2c1)c1sc(C)c(OC2CC2)c1C#N. The van der Waals surface area contributed by atoms with Crippen LogP contribution in [0.15, 0.2) is 34.2 Å². The van der Waals surface area contributed by atoms with Crippen molar-refractivity contribution in [2.24, 2.45) is 16.5 Å². The van der Waals surface area contributed by atoms with Crippen LogP contribution in [0.2, 0.25) is 0 Å². The zero-order valence-electron chi connectivity index (χ0n) is 17.2. The van der Waals surface area contributed by atoms with Crippen molar-refractivity contribution in [3.8, 4) is 11.8 Å². The van der Waals surface area contributed by atoms with Gasteiger partial charge in [-0.15, -0.1) is 11.3 Å². The van der Waals surface area contributed by atoms with Crippen molar-refractivity contribution in [3.05, 3.63) is 61.3 Å². The number of thiophene rings is 1. The van der Waals surface area contributed by atoms with E-state index in [1.54, 1.807) is 19.2 Å². The van der Waals surface area contributed by atoms with Gasteiger partial charge < -0.3 is 16.2 Å². The molecule has 3 aromatic rings. The number of hydrogen-bond donors (Lipinski definition) is 3. The second kappa shape index (κ2) is 8.34. The third kappa shape index (κ3) is 3.71. The normalized spacial score (nSPS) is 14.6. The van der Waals surface area contributed by atoms with Crippen LogP contribution in [0, 0.1) is 18.3 Å². The zero-order chi connectivity index (χ0) is 22.1.